The number of ether oxygens (including phenoxy) is 1. The van der Waals surface area contributed by atoms with Crippen molar-refractivity contribution < 1.29 is 9.53 Å². The molecule has 0 radical (unpaired) electrons. The fourth-order valence-electron chi connectivity index (χ4n) is 2.05. The Bertz CT molecular complexity index is 726. The second kappa shape index (κ2) is 7.09. The monoisotopic (exact) mass is 316 g/mol. The zero-order chi connectivity index (χ0) is 16.1. The van der Waals surface area contributed by atoms with Crippen LogP contribution < -0.4 is 10.2 Å². The highest BCUT2D eigenvalue weighted by molar-refractivity contribution is 6.31. The topological polar surface area (TPSA) is 50.7 Å². The lowest BCUT2D eigenvalue weighted by atomic mass is 10.1. The van der Waals surface area contributed by atoms with Gasteiger partial charge in [0, 0.05) is 16.1 Å². The summed E-state index contributed by atoms with van der Waals surface area (Å²) in [5.41, 5.74) is 5.40. The van der Waals surface area contributed by atoms with Gasteiger partial charge in [-0.1, -0.05) is 29.8 Å². The first kappa shape index (κ1) is 16.0. The molecule has 0 saturated carbocycles. The Balaban J connectivity index is 2.22. The highest BCUT2D eigenvalue weighted by Gasteiger charge is 2.10. The molecule has 0 unspecified atom stereocenters. The van der Waals surface area contributed by atoms with Crippen molar-refractivity contribution in [2.45, 2.75) is 13.8 Å². The molecule has 2 aromatic carbocycles. The van der Waals surface area contributed by atoms with Gasteiger partial charge in [-0.2, -0.15) is 5.10 Å². The zero-order valence-electron chi connectivity index (χ0n) is 12.7. The second-order valence-corrected chi connectivity index (χ2v) is 5.23. The van der Waals surface area contributed by atoms with Crippen LogP contribution in [0.2, 0.25) is 5.02 Å². The third-order valence-corrected chi connectivity index (χ3v) is 3.50. The Morgan fingerprint density at radius 1 is 1.18 bits per heavy atom. The molecule has 2 rings (SSSR count). The van der Waals surface area contributed by atoms with Gasteiger partial charge in [-0.15, -0.1) is 0 Å². The minimum atomic E-state index is -0.251. The highest BCUT2D eigenvalue weighted by atomic mass is 35.5. The molecule has 2 aromatic rings. The predicted molar refractivity (Wildman–Crippen MR) is 88.9 cm³/mol. The van der Waals surface area contributed by atoms with Crippen molar-refractivity contribution >= 4 is 23.2 Å². The van der Waals surface area contributed by atoms with Gasteiger partial charge >= 0.3 is 0 Å². The molecule has 0 fully saturated rings. The van der Waals surface area contributed by atoms with Crippen LogP contribution in [-0.4, -0.2) is 18.7 Å². The maximum absolute atomic E-state index is 12.1. The van der Waals surface area contributed by atoms with Crippen molar-refractivity contribution in [2.24, 2.45) is 5.10 Å². The first-order valence-electron chi connectivity index (χ1n) is 6.77. The Morgan fingerprint density at radius 2 is 1.91 bits per heavy atom. The molecule has 1 N–H and O–H groups in total. The summed E-state index contributed by atoms with van der Waals surface area (Å²) in [5.74, 6) is 0.397. The van der Waals surface area contributed by atoms with E-state index in [1.54, 1.807) is 38.3 Å². The summed E-state index contributed by atoms with van der Waals surface area (Å²) in [6.07, 6.45) is 0. The fourth-order valence-corrected chi connectivity index (χ4v) is 2.22. The minimum absolute atomic E-state index is 0.251. The molecule has 0 heterocycles. The summed E-state index contributed by atoms with van der Waals surface area (Å²) in [4.78, 5) is 12.1. The van der Waals surface area contributed by atoms with Gasteiger partial charge in [-0.3, -0.25) is 4.79 Å². The Kier molecular flexibility index (Phi) is 5.17. The minimum Gasteiger partial charge on any atom is -0.496 e. The zero-order valence-corrected chi connectivity index (χ0v) is 13.4. The van der Waals surface area contributed by atoms with Crippen molar-refractivity contribution in [1.29, 1.82) is 0 Å². The van der Waals surface area contributed by atoms with Crippen LogP contribution in [0.3, 0.4) is 0 Å². The van der Waals surface area contributed by atoms with Gasteiger partial charge in [-0.25, -0.2) is 5.43 Å². The number of hydrogen-bond acceptors (Lipinski definition) is 3. The first-order chi connectivity index (χ1) is 10.5. The molecule has 22 heavy (non-hydrogen) atoms. The van der Waals surface area contributed by atoms with E-state index >= 15 is 0 Å². The SMILES string of the molecule is COc1ccc(Cl)cc1/C(C)=N\NC(=O)c1ccccc1C. The molecule has 0 bridgehead atoms. The summed E-state index contributed by atoms with van der Waals surface area (Å²) in [6, 6.07) is 12.6. The smallest absolute Gasteiger partial charge is 0.271 e. The number of amides is 1. The third kappa shape index (κ3) is 3.65. The second-order valence-electron chi connectivity index (χ2n) is 4.80. The number of nitrogens with zero attached hydrogens (tertiary/aromatic N) is 1. The number of hydrazone groups is 1. The maximum atomic E-state index is 12.1. The van der Waals surface area contributed by atoms with Crippen LogP contribution in [0.15, 0.2) is 47.6 Å². The molecule has 0 spiro atoms. The number of nitrogens with one attached hydrogen (secondary N) is 1. The molecule has 0 aromatic heterocycles. The molecule has 0 aliphatic heterocycles. The fraction of sp³-hybridized carbons (Fsp3) is 0.176. The van der Waals surface area contributed by atoms with E-state index in [1.807, 2.05) is 25.1 Å². The lowest BCUT2D eigenvalue weighted by Crippen LogP contribution is -2.20. The third-order valence-electron chi connectivity index (χ3n) is 3.27. The van der Waals surface area contributed by atoms with Crippen LogP contribution in [0.1, 0.15) is 28.4 Å². The van der Waals surface area contributed by atoms with Crippen LogP contribution in [-0.2, 0) is 0 Å². The van der Waals surface area contributed by atoms with Gasteiger partial charge < -0.3 is 4.74 Å². The summed E-state index contributed by atoms with van der Waals surface area (Å²) in [6.45, 7) is 3.66. The van der Waals surface area contributed by atoms with Crippen LogP contribution >= 0.6 is 11.6 Å². The number of hydrogen-bond donors (Lipinski definition) is 1. The number of halogens is 1. The Morgan fingerprint density at radius 3 is 2.59 bits per heavy atom. The van der Waals surface area contributed by atoms with Gasteiger partial charge in [0.25, 0.3) is 5.91 Å². The average molecular weight is 317 g/mol. The molecule has 1 amide bonds. The molecule has 0 saturated heterocycles. The molecule has 4 nitrogen and oxygen atoms in total. The maximum Gasteiger partial charge on any atom is 0.271 e. The number of methoxy groups -OCH3 is 1. The van der Waals surface area contributed by atoms with E-state index in [0.717, 1.165) is 11.1 Å². The van der Waals surface area contributed by atoms with Gasteiger partial charge in [0.1, 0.15) is 5.75 Å². The molecular formula is C17H17ClN2O2. The van der Waals surface area contributed by atoms with E-state index in [4.69, 9.17) is 16.3 Å². The quantitative estimate of drug-likeness (QED) is 0.689. The summed E-state index contributed by atoms with van der Waals surface area (Å²) in [7, 11) is 1.58. The Hall–Kier alpha value is -2.33. The summed E-state index contributed by atoms with van der Waals surface area (Å²) >= 11 is 6.00. The van der Waals surface area contributed by atoms with Crippen molar-refractivity contribution in [3.05, 3.63) is 64.2 Å². The lowest BCUT2D eigenvalue weighted by molar-refractivity contribution is 0.0954. The number of aryl methyl sites for hydroxylation is 1. The molecule has 0 aliphatic rings. The average Bonchev–Trinajstić information content (AvgIpc) is 2.52. The van der Waals surface area contributed by atoms with Crippen LogP contribution in [0, 0.1) is 6.92 Å². The molecule has 114 valence electrons. The van der Waals surface area contributed by atoms with Crippen molar-refractivity contribution in [1.82, 2.24) is 5.43 Å². The first-order valence-corrected chi connectivity index (χ1v) is 7.15. The van der Waals surface area contributed by atoms with Gasteiger partial charge in [-0.05, 0) is 43.7 Å². The van der Waals surface area contributed by atoms with E-state index in [2.05, 4.69) is 10.5 Å². The number of carbonyl (C=O) groups is 1. The van der Waals surface area contributed by atoms with Crippen LogP contribution in [0.25, 0.3) is 0 Å². The Labute approximate surface area is 134 Å². The molecular weight excluding hydrogens is 300 g/mol. The van der Waals surface area contributed by atoms with Crippen molar-refractivity contribution in [3.63, 3.8) is 0 Å². The highest BCUT2D eigenvalue weighted by Crippen LogP contribution is 2.23. The van der Waals surface area contributed by atoms with Crippen molar-refractivity contribution in [3.8, 4) is 5.75 Å². The molecule has 0 aliphatic carbocycles. The molecule has 0 atom stereocenters. The standard InChI is InChI=1S/C17H17ClN2O2/c1-11-6-4-5-7-14(11)17(21)20-19-12(2)15-10-13(18)8-9-16(15)22-3/h4-10H,1-3H3,(H,20,21)/b19-12-. The van der Waals surface area contributed by atoms with Crippen LogP contribution in [0.4, 0.5) is 0 Å². The number of benzene rings is 2. The van der Waals surface area contributed by atoms with Crippen molar-refractivity contribution in [2.75, 3.05) is 7.11 Å². The predicted octanol–water partition coefficient (Wildman–Crippen LogP) is 3.81. The van der Waals surface area contributed by atoms with Gasteiger partial charge in [0.05, 0.1) is 12.8 Å². The van der Waals surface area contributed by atoms with E-state index in [9.17, 15) is 4.79 Å². The van der Waals surface area contributed by atoms with Crippen LogP contribution in [0.5, 0.6) is 5.75 Å². The summed E-state index contributed by atoms with van der Waals surface area (Å²) < 4.78 is 5.28. The normalized spacial score (nSPS) is 11.2. The lowest BCUT2D eigenvalue weighted by Gasteiger charge is -2.09. The molecule has 5 heteroatoms. The van der Waals surface area contributed by atoms with E-state index in [-0.39, 0.29) is 5.91 Å². The largest absolute Gasteiger partial charge is 0.496 e. The number of rotatable bonds is 4. The van der Waals surface area contributed by atoms with E-state index in [0.29, 0.717) is 22.0 Å². The van der Waals surface area contributed by atoms with Gasteiger partial charge in [0.15, 0.2) is 0 Å². The number of carbonyl (C=O) groups excluding carboxylic acids is 1. The van der Waals surface area contributed by atoms with E-state index < -0.39 is 0 Å². The summed E-state index contributed by atoms with van der Waals surface area (Å²) in [5, 5.41) is 4.72. The van der Waals surface area contributed by atoms with Gasteiger partial charge in [0.2, 0.25) is 0 Å². The van der Waals surface area contributed by atoms with E-state index in [1.165, 1.54) is 0 Å².